The van der Waals surface area contributed by atoms with Gasteiger partial charge in [-0.2, -0.15) is 0 Å². The maximum absolute atomic E-state index is 12.8. The zero-order valence-corrected chi connectivity index (χ0v) is 20.2. The molecule has 2 aromatic rings. The van der Waals surface area contributed by atoms with Crippen molar-refractivity contribution >= 4 is 44.9 Å². The van der Waals surface area contributed by atoms with Crippen LogP contribution in [-0.2, 0) is 4.79 Å². The molecule has 0 radical (unpaired) electrons. The second-order valence-corrected chi connectivity index (χ2v) is 9.27. The summed E-state index contributed by atoms with van der Waals surface area (Å²) >= 11 is 4.24. The first-order chi connectivity index (χ1) is 14.7. The normalized spacial score (nSPS) is 15.3. The molecule has 1 aliphatic heterocycles. The van der Waals surface area contributed by atoms with E-state index in [0.717, 1.165) is 28.6 Å². The molecule has 1 heterocycles. The number of carbonyl (C=O) groups is 2. The van der Waals surface area contributed by atoms with Crippen LogP contribution in [0.5, 0.6) is 17.2 Å². The van der Waals surface area contributed by atoms with Crippen molar-refractivity contribution in [3.63, 3.8) is 0 Å². The Bertz CT molecular complexity index is 1050. The summed E-state index contributed by atoms with van der Waals surface area (Å²) in [5.41, 5.74) is 2.80. The first-order valence-corrected chi connectivity index (χ1v) is 11.4. The summed E-state index contributed by atoms with van der Waals surface area (Å²) in [7, 11) is 1.44. The SMILES string of the molecule is COc1cc(/C=C2\SC(=O)N(CCOc3cc(C)ccc3C(C)C)C2=O)c(Br)cc1O. The van der Waals surface area contributed by atoms with Crippen molar-refractivity contribution in [1.82, 2.24) is 4.90 Å². The highest BCUT2D eigenvalue weighted by atomic mass is 79.9. The predicted molar refractivity (Wildman–Crippen MR) is 126 cm³/mol. The highest BCUT2D eigenvalue weighted by Gasteiger charge is 2.35. The van der Waals surface area contributed by atoms with Gasteiger partial charge in [0.2, 0.25) is 0 Å². The maximum Gasteiger partial charge on any atom is 0.293 e. The average molecular weight is 506 g/mol. The van der Waals surface area contributed by atoms with Gasteiger partial charge >= 0.3 is 0 Å². The molecule has 1 aliphatic rings. The Balaban J connectivity index is 1.72. The first-order valence-electron chi connectivity index (χ1n) is 9.76. The lowest BCUT2D eigenvalue weighted by Gasteiger charge is -2.17. The van der Waals surface area contributed by atoms with Crippen LogP contribution < -0.4 is 9.47 Å². The van der Waals surface area contributed by atoms with Crippen molar-refractivity contribution in [3.05, 3.63) is 56.4 Å². The maximum atomic E-state index is 12.8. The minimum atomic E-state index is -0.370. The van der Waals surface area contributed by atoms with Crippen molar-refractivity contribution in [2.45, 2.75) is 26.7 Å². The largest absolute Gasteiger partial charge is 0.504 e. The molecule has 3 rings (SSSR count). The molecule has 6 nitrogen and oxygen atoms in total. The van der Waals surface area contributed by atoms with Gasteiger partial charge in [0, 0.05) is 4.47 Å². The molecule has 0 spiro atoms. The smallest absolute Gasteiger partial charge is 0.293 e. The number of hydrogen-bond donors (Lipinski definition) is 1. The molecule has 1 N–H and O–H groups in total. The number of amides is 2. The van der Waals surface area contributed by atoms with E-state index in [9.17, 15) is 14.7 Å². The van der Waals surface area contributed by atoms with Gasteiger partial charge in [0.15, 0.2) is 11.5 Å². The van der Waals surface area contributed by atoms with Gasteiger partial charge in [-0.3, -0.25) is 14.5 Å². The van der Waals surface area contributed by atoms with Crippen molar-refractivity contribution in [3.8, 4) is 17.2 Å². The van der Waals surface area contributed by atoms with E-state index < -0.39 is 0 Å². The van der Waals surface area contributed by atoms with Gasteiger partial charge in [-0.15, -0.1) is 0 Å². The van der Waals surface area contributed by atoms with E-state index >= 15 is 0 Å². The van der Waals surface area contributed by atoms with Gasteiger partial charge in [0.25, 0.3) is 11.1 Å². The van der Waals surface area contributed by atoms with E-state index in [0.29, 0.717) is 20.9 Å². The number of aromatic hydroxyl groups is 1. The van der Waals surface area contributed by atoms with Crippen LogP contribution in [0, 0.1) is 6.92 Å². The number of ether oxygens (including phenoxy) is 2. The minimum absolute atomic E-state index is 0.0197. The monoisotopic (exact) mass is 505 g/mol. The van der Waals surface area contributed by atoms with Gasteiger partial charge in [-0.1, -0.05) is 41.9 Å². The first kappa shape index (κ1) is 23.2. The van der Waals surface area contributed by atoms with Crippen molar-refractivity contribution in [2.75, 3.05) is 20.3 Å². The summed E-state index contributed by atoms with van der Waals surface area (Å²) in [5, 5.41) is 9.51. The van der Waals surface area contributed by atoms with Crippen LogP contribution in [0.4, 0.5) is 4.79 Å². The number of phenolic OH excluding ortho intramolecular Hbond substituents is 1. The molecule has 0 bridgehead atoms. The summed E-state index contributed by atoms with van der Waals surface area (Å²) in [4.78, 5) is 26.7. The Morgan fingerprint density at radius 1 is 1.19 bits per heavy atom. The number of hydrogen-bond acceptors (Lipinski definition) is 6. The fourth-order valence-electron chi connectivity index (χ4n) is 3.16. The van der Waals surface area contributed by atoms with Gasteiger partial charge in [-0.25, -0.2) is 0 Å². The summed E-state index contributed by atoms with van der Waals surface area (Å²) < 4.78 is 11.6. The van der Waals surface area contributed by atoms with E-state index in [4.69, 9.17) is 9.47 Å². The van der Waals surface area contributed by atoms with Gasteiger partial charge in [0.05, 0.1) is 18.6 Å². The molecule has 0 saturated carbocycles. The zero-order valence-electron chi connectivity index (χ0n) is 17.8. The third-order valence-corrected chi connectivity index (χ3v) is 6.42. The summed E-state index contributed by atoms with van der Waals surface area (Å²) in [6, 6.07) is 9.14. The van der Waals surface area contributed by atoms with Gasteiger partial charge in [-0.05, 0) is 65.6 Å². The number of benzene rings is 2. The lowest BCUT2D eigenvalue weighted by molar-refractivity contribution is -0.123. The standard InChI is InChI=1S/C23H24BrNO5S/c1-13(2)16-6-5-14(3)9-19(16)30-8-7-25-22(27)21(31-23(25)28)11-15-10-20(29-4)18(26)12-17(15)24/h5-6,9-13,26H,7-8H2,1-4H3/b21-11-. The minimum Gasteiger partial charge on any atom is -0.504 e. The number of nitrogens with zero attached hydrogens (tertiary/aromatic N) is 1. The van der Waals surface area contributed by atoms with Gasteiger partial charge < -0.3 is 14.6 Å². The van der Waals surface area contributed by atoms with E-state index in [-0.39, 0.29) is 35.8 Å². The number of rotatable bonds is 7. The third-order valence-electron chi connectivity index (χ3n) is 4.82. The number of aryl methyl sites for hydroxylation is 1. The molecule has 8 heteroatoms. The second-order valence-electron chi connectivity index (χ2n) is 7.42. The highest BCUT2D eigenvalue weighted by Crippen LogP contribution is 2.37. The van der Waals surface area contributed by atoms with Crippen LogP contribution >= 0.6 is 27.7 Å². The van der Waals surface area contributed by atoms with Crippen LogP contribution in [0.2, 0.25) is 0 Å². The molecule has 2 amide bonds. The van der Waals surface area contributed by atoms with Crippen LogP contribution in [0.3, 0.4) is 0 Å². The molecule has 1 saturated heterocycles. The Morgan fingerprint density at radius 3 is 2.61 bits per heavy atom. The molecule has 2 aromatic carbocycles. The number of imide groups is 1. The molecule has 0 aromatic heterocycles. The highest BCUT2D eigenvalue weighted by molar-refractivity contribution is 9.10. The van der Waals surface area contributed by atoms with E-state index in [2.05, 4.69) is 29.8 Å². The number of halogens is 1. The lowest BCUT2D eigenvalue weighted by atomic mass is 10.0. The predicted octanol–water partition coefficient (Wildman–Crippen LogP) is 5.71. The quantitative estimate of drug-likeness (QED) is 0.485. The third kappa shape index (κ3) is 5.25. The van der Waals surface area contributed by atoms with Crippen LogP contribution in [-0.4, -0.2) is 41.4 Å². The number of thioether (sulfide) groups is 1. The molecule has 0 aliphatic carbocycles. The summed E-state index contributed by atoms with van der Waals surface area (Å²) in [6.07, 6.45) is 1.61. The van der Waals surface area contributed by atoms with E-state index in [1.807, 2.05) is 25.1 Å². The molecule has 1 fully saturated rings. The molecule has 0 unspecified atom stereocenters. The van der Waals surface area contributed by atoms with Crippen molar-refractivity contribution in [2.24, 2.45) is 0 Å². The van der Waals surface area contributed by atoms with Crippen molar-refractivity contribution < 1.29 is 24.2 Å². The molecular formula is C23H24BrNO5S. The van der Waals surface area contributed by atoms with E-state index in [1.165, 1.54) is 18.1 Å². The van der Waals surface area contributed by atoms with Crippen LogP contribution in [0.25, 0.3) is 6.08 Å². The second kappa shape index (κ2) is 9.78. The van der Waals surface area contributed by atoms with Crippen LogP contribution in [0.15, 0.2) is 39.7 Å². The Kier molecular flexibility index (Phi) is 7.33. The zero-order chi connectivity index (χ0) is 22.7. The molecular weight excluding hydrogens is 482 g/mol. The average Bonchev–Trinajstić information content (AvgIpc) is 2.97. The van der Waals surface area contributed by atoms with E-state index in [1.54, 1.807) is 12.1 Å². The number of methoxy groups -OCH3 is 1. The number of phenols is 1. The Morgan fingerprint density at radius 2 is 1.94 bits per heavy atom. The van der Waals surface area contributed by atoms with Crippen molar-refractivity contribution in [1.29, 1.82) is 0 Å². The number of carbonyl (C=O) groups excluding carboxylic acids is 2. The summed E-state index contributed by atoms with van der Waals surface area (Å²) in [6.45, 7) is 6.55. The molecule has 31 heavy (non-hydrogen) atoms. The lowest BCUT2D eigenvalue weighted by Crippen LogP contribution is -2.32. The Labute approximate surface area is 194 Å². The molecule has 164 valence electrons. The topological polar surface area (TPSA) is 76.1 Å². The fraction of sp³-hybridized carbons (Fsp3) is 0.304. The van der Waals surface area contributed by atoms with Crippen LogP contribution in [0.1, 0.15) is 36.5 Å². The Hall–Kier alpha value is -2.45. The van der Waals surface area contributed by atoms with Gasteiger partial charge in [0.1, 0.15) is 12.4 Å². The summed E-state index contributed by atoms with van der Waals surface area (Å²) in [5.74, 6) is 0.967. The molecule has 0 atom stereocenters. The fourth-order valence-corrected chi connectivity index (χ4v) is 4.46.